The zero-order valence-corrected chi connectivity index (χ0v) is 14.2. The lowest BCUT2D eigenvalue weighted by atomic mass is 10.00. The number of carbonyl (C=O) groups is 1. The Hall–Kier alpha value is -1.24. The first-order valence-corrected chi connectivity index (χ1v) is 9.45. The van der Waals surface area contributed by atoms with E-state index >= 15 is 0 Å². The van der Waals surface area contributed by atoms with Gasteiger partial charge in [0.1, 0.15) is 0 Å². The standard InChI is InChI=1S/C17H25N3O2S/c21-16(11-18-17(22)20-7-9-23-10-8-20)13-19-6-5-14-3-1-2-4-15(14)12-19/h1-4,16,21H,5-13H2,(H,18,22)/t16-/m0/s1. The summed E-state index contributed by atoms with van der Waals surface area (Å²) in [6.45, 7) is 4.37. The molecule has 6 heteroatoms. The van der Waals surface area contributed by atoms with Crippen molar-refractivity contribution in [3.05, 3.63) is 35.4 Å². The summed E-state index contributed by atoms with van der Waals surface area (Å²) in [7, 11) is 0. The maximum Gasteiger partial charge on any atom is 0.317 e. The van der Waals surface area contributed by atoms with Crippen molar-refractivity contribution in [2.24, 2.45) is 0 Å². The van der Waals surface area contributed by atoms with Crippen LogP contribution in [0.4, 0.5) is 4.79 Å². The summed E-state index contributed by atoms with van der Waals surface area (Å²) in [5, 5.41) is 13.1. The van der Waals surface area contributed by atoms with Gasteiger partial charge in [-0.25, -0.2) is 4.79 Å². The minimum Gasteiger partial charge on any atom is -0.390 e. The molecule has 0 unspecified atom stereocenters. The van der Waals surface area contributed by atoms with Crippen LogP contribution in [-0.4, -0.2) is 71.3 Å². The molecule has 126 valence electrons. The topological polar surface area (TPSA) is 55.8 Å². The van der Waals surface area contributed by atoms with E-state index in [1.807, 2.05) is 16.7 Å². The SMILES string of the molecule is O=C(NC[C@H](O)CN1CCc2ccccc2C1)N1CCSCC1. The van der Waals surface area contributed by atoms with E-state index in [1.54, 1.807) is 0 Å². The van der Waals surface area contributed by atoms with Gasteiger partial charge in [0.15, 0.2) is 0 Å². The largest absolute Gasteiger partial charge is 0.390 e. The van der Waals surface area contributed by atoms with Gasteiger partial charge in [-0.15, -0.1) is 0 Å². The minimum atomic E-state index is -0.525. The Morgan fingerprint density at radius 2 is 1.96 bits per heavy atom. The van der Waals surface area contributed by atoms with Gasteiger partial charge in [-0.05, 0) is 17.5 Å². The highest BCUT2D eigenvalue weighted by Gasteiger charge is 2.20. The van der Waals surface area contributed by atoms with Gasteiger partial charge in [0, 0.05) is 50.8 Å². The van der Waals surface area contributed by atoms with E-state index in [-0.39, 0.29) is 6.03 Å². The molecule has 5 nitrogen and oxygen atoms in total. The molecular weight excluding hydrogens is 310 g/mol. The van der Waals surface area contributed by atoms with E-state index in [0.29, 0.717) is 13.1 Å². The van der Waals surface area contributed by atoms with Crippen molar-refractivity contribution in [2.45, 2.75) is 19.1 Å². The molecule has 0 spiro atoms. The summed E-state index contributed by atoms with van der Waals surface area (Å²) in [4.78, 5) is 16.1. The van der Waals surface area contributed by atoms with E-state index in [0.717, 1.165) is 44.1 Å². The Kier molecular flexibility index (Phi) is 5.80. The monoisotopic (exact) mass is 335 g/mol. The number of aliphatic hydroxyl groups is 1. The number of hydrogen-bond acceptors (Lipinski definition) is 4. The molecule has 2 amide bonds. The number of nitrogens with zero attached hydrogens (tertiary/aromatic N) is 2. The second-order valence-electron chi connectivity index (χ2n) is 6.19. The van der Waals surface area contributed by atoms with Crippen LogP contribution in [0.25, 0.3) is 0 Å². The van der Waals surface area contributed by atoms with Gasteiger partial charge in [-0.3, -0.25) is 4.90 Å². The zero-order valence-electron chi connectivity index (χ0n) is 13.4. The molecule has 0 radical (unpaired) electrons. The van der Waals surface area contributed by atoms with Crippen molar-refractivity contribution in [1.29, 1.82) is 0 Å². The fourth-order valence-electron chi connectivity index (χ4n) is 3.16. The van der Waals surface area contributed by atoms with Crippen molar-refractivity contribution < 1.29 is 9.90 Å². The van der Waals surface area contributed by atoms with Gasteiger partial charge >= 0.3 is 6.03 Å². The molecule has 1 aromatic rings. The van der Waals surface area contributed by atoms with Crippen molar-refractivity contribution in [3.8, 4) is 0 Å². The number of rotatable bonds is 4. The van der Waals surface area contributed by atoms with Gasteiger partial charge in [-0.2, -0.15) is 11.8 Å². The van der Waals surface area contributed by atoms with Gasteiger partial charge in [-0.1, -0.05) is 24.3 Å². The normalized spacial score (nSPS) is 20.0. The van der Waals surface area contributed by atoms with Gasteiger partial charge in [0.2, 0.25) is 0 Å². The van der Waals surface area contributed by atoms with Crippen LogP contribution in [0.1, 0.15) is 11.1 Å². The summed E-state index contributed by atoms with van der Waals surface area (Å²) < 4.78 is 0. The smallest absolute Gasteiger partial charge is 0.317 e. The molecule has 0 aliphatic carbocycles. The van der Waals surface area contributed by atoms with E-state index in [1.165, 1.54) is 11.1 Å². The summed E-state index contributed by atoms with van der Waals surface area (Å²) in [5.41, 5.74) is 2.76. The molecule has 0 aromatic heterocycles. The van der Waals surface area contributed by atoms with Crippen molar-refractivity contribution in [3.63, 3.8) is 0 Å². The van der Waals surface area contributed by atoms with Crippen molar-refractivity contribution >= 4 is 17.8 Å². The molecule has 1 saturated heterocycles. The average molecular weight is 335 g/mol. The highest BCUT2D eigenvalue weighted by atomic mass is 32.2. The molecular formula is C17H25N3O2S. The fraction of sp³-hybridized carbons (Fsp3) is 0.588. The molecule has 1 fully saturated rings. The van der Waals surface area contributed by atoms with Gasteiger partial charge in [0.25, 0.3) is 0 Å². The van der Waals surface area contributed by atoms with Crippen LogP contribution in [0.5, 0.6) is 0 Å². The molecule has 2 heterocycles. The van der Waals surface area contributed by atoms with Crippen LogP contribution >= 0.6 is 11.8 Å². The Morgan fingerprint density at radius 1 is 1.22 bits per heavy atom. The second kappa shape index (κ2) is 8.04. The predicted octanol–water partition coefficient (Wildman–Crippen LogP) is 1.16. The number of fused-ring (bicyclic) bond motifs is 1. The van der Waals surface area contributed by atoms with Crippen molar-refractivity contribution in [2.75, 3.05) is 44.2 Å². The van der Waals surface area contributed by atoms with E-state index in [2.05, 4.69) is 34.5 Å². The quantitative estimate of drug-likeness (QED) is 0.867. The number of aliphatic hydroxyl groups excluding tert-OH is 1. The highest BCUT2D eigenvalue weighted by Crippen LogP contribution is 2.18. The molecule has 2 aliphatic rings. The maximum atomic E-state index is 12.0. The molecule has 1 atom stereocenters. The number of hydrogen-bond donors (Lipinski definition) is 2. The van der Waals surface area contributed by atoms with Crippen LogP contribution in [0.2, 0.25) is 0 Å². The minimum absolute atomic E-state index is 0.0478. The third-order valence-electron chi connectivity index (χ3n) is 4.47. The van der Waals surface area contributed by atoms with Crippen LogP contribution in [0, 0.1) is 0 Å². The number of amides is 2. The first kappa shape index (κ1) is 16.6. The summed E-state index contributed by atoms with van der Waals surface area (Å²) >= 11 is 1.88. The van der Waals surface area contributed by atoms with Crippen LogP contribution in [0.15, 0.2) is 24.3 Å². The molecule has 1 aromatic carbocycles. The Labute approximate surface area is 142 Å². The maximum absolute atomic E-state index is 12.0. The lowest BCUT2D eigenvalue weighted by Gasteiger charge is -2.31. The molecule has 23 heavy (non-hydrogen) atoms. The van der Waals surface area contributed by atoms with Crippen LogP contribution in [0.3, 0.4) is 0 Å². The number of β-amino-alcohol motifs (C(OH)–C–C–N with tert-alkyl or cyclic N) is 1. The predicted molar refractivity (Wildman–Crippen MR) is 93.7 cm³/mol. The Bertz CT molecular complexity index is 534. The molecule has 2 N–H and O–H groups in total. The molecule has 0 bridgehead atoms. The average Bonchev–Trinajstić information content (AvgIpc) is 2.60. The lowest BCUT2D eigenvalue weighted by molar-refractivity contribution is 0.104. The van der Waals surface area contributed by atoms with E-state index in [9.17, 15) is 9.90 Å². The molecule has 3 rings (SSSR count). The third-order valence-corrected chi connectivity index (χ3v) is 5.41. The summed E-state index contributed by atoms with van der Waals surface area (Å²) in [5.74, 6) is 2.01. The Balaban J connectivity index is 1.41. The molecule has 0 saturated carbocycles. The van der Waals surface area contributed by atoms with Gasteiger partial charge < -0.3 is 15.3 Å². The van der Waals surface area contributed by atoms with Crippen molar-refractivity contribution in [1.82, 2.24) is 15.1 Å². The fourth-order valence-corrected chi connectivity index (χ4v) is 4.06. The number of nitrogens with one attached hydrogen (secondary N) is 1. The van der Waals surface area contributed by atoms with Gasteiger partial charge in [0.05, 0.1) is 6.10 Å². The van der Waals surface area contributed by atoms with E-state index in [4.69, 9.17) is 0 Å². The number of carbonyl (C=O) groups excluding carboxylic acids is 1. The third kappa shape index (κ3) is 4.62. The summed E-state index contributed by atoms with van der Waals surface area (Å²) in [6, 6.07) is 8.44. The second-order valence-corrected chi connectivity index (χ2v) is 7.42. The van der Waals surface area contributed by atoms with Crippen LogP contribution < -0.4 is 5.32 Å². The lowest BCUT2D eigenvalue weighted by Crippen LogP contribution is -2.48. The first-order chi connectivity index (χ1) is 11.2. The Morgan fingerprint density at radius 3 is 2.74 bits per heavy atom. The zero-order chi connectivity index (χ0) is 16.1. The number of urea groups is 1. The number of benzene rings is 1. The summed E-state index contributed by atoms with van der Waals surface area (Å²) in [6.07, 6.45) is 0.504. The molecule has 2 aliphatic heterocycles. The van der Waals surface area contributed by atoms with E-state index < -0.39 is 6.10 Å². The number of thioether (sulfide) groups is 1. The first-order valence-electron chi connectivity index (χ1n) is 8.30. The van der Waals surface area contributed by atoms with Crippen LogP contribution in [-0.2, 0) is 13.0 Å². The highest BCUT2D eigenvalue weighted by molar-refractivity contribution is 7.99.